The number of ether oxygens (including phenoxy) is 1. The van der Waals surface area contributed by atoms with E-state index >= 15 is 0 Å². The van der Waals surface area contributed by atoms with Gasteiger partial charge in [0.05, 0.1) is 25.1 Å². The number of nitrogens with one attached hydrogen (secondary N) is 3. The molecule has 3 N–H and O–H groups in total. The summed E-state index contributed by atoms with van der Waals surface area (Å²) in [7, 11) is -1.88. The Hall–Kier alpha value is -2.32. The summed E-state index contributed by atoms with van der Waals surface area (Å²) in [5.74, 6) is 0.449. The second-order valence-electron chi connectivity index (χ2n) is 8.33. The van der Waals surface area contributed by atoms with Crippen molar-refractivity contribution in [3.05, 3.63) is 59.2 Å². The molecule has 2 aromatic rings. The molecule has 0 saturated carbocycles. The minimum Gasteiger partial charge on any atom is -0.495 e. The summed E-state index contributed by atoms with van der Waals surface area (Å²) < 4.78 is 30.7. The summed E-state index contributed by atoms with van der Waals surface area (Å²) >= 11 is 5.43. The standard InChI is InChI=1S/C22H31N3O3S2/c1-15(17-9-12-19(20(13-17)28-5)25-30(6,26)27)24-21(29)23-14-16-7-10-18(11-8-16)22(2,3)4/h7-13,15,25H,14H2,1-6H3,(H2,23,24,29). The Kier molecular flexibility index (Phi) is 7.71. The SMILES string of the molecule is COc1cc(C(C)NC(=S)NCc2ccc(C(C)(C)C)cc2)ccc1NS(C)(=O)=O. The van der Waals surface area contributed by atoms with Crippen LogP contribution < -0.4 is 20.1 Å². The van der Waals surface area contributed by atoms with E-state index < -0.39 is 10.0 Å². The number of hydrogen-bond acceptors (Lipinski definition) is 4. The van der Waals surface area contributed by atoms with E-state index in [1.807, 2.05) is 13.0 Å². The second kappa shape index (κ2) is 9.66. The summed E-state index contributed by atoms with van der Waals surface area (Å²) in [6, 6.07) is 13.7. The molecule has 2 aromatic carbocycles. The monoisotopic (exact) mass is 449 g/mol. The molecule has 8 heteroatoms. The number of thiocarbonyl (C=S) groups is 1. The highest BCUT2D eigenvalue weighted by molar-refractivity contribution is 7.92. The Morgan fingerprint density at radius 3 is 2.30 bits per heavy atom. The molecule has 0 aliphatic rings. The van der Waals surface area contributed by atoms with Gasteiger partial charge in [-0.2, -0.15) is 0 Å². The fraction of sp³-hybridized carbons (Fsp3) is 0.409. The lowest BCUT2D eigenvalue weighted by molar-refractivity contribution is 0.416. The van der Waals surface area contributed by atoms with Gasteiger partial charge < -0.3 is 15.4 Å². The zero-order valence-electron chi connectivity index (χ0n) is 18.4. The van der Waals surface area contributed by atoms with Crippen molar-refractivity contribution in [1.29, 1.82) is 0 Å². The normalized spacial score (nSPS) is 12.7. The van der Waals surface area contributed by atoms with Gasteiger partial charge in [0.25, 0.3) is 0 Å². The van der Waals surface area contributed by atoms with Gasteiger partial charge in [-0.1, -0.05) is 51.1 Å². The second-order valence-corrected chi connectivity index (χ2v) is 10.5. The van der Waals surface area contributed by atoms with E-state index in [2.05, 4.69) is 60.4 Å². The van der Waals surface area contributed by atoms with Crippen LogP contribution in [0.2, 0.25) is 0 Å². The maximum absolute atomic E-state index is 11.5. The molecule has 0 heterocycles. The summed E-state index contributed by atoms with van der Waals surface area (Å²) in [6.45, 7) is 9.19. The Balaban J connectivity index is 1.97. The van der Waals surface area contributed by atoms with Crippen LogP contribution >= 0.6 is 12.2 Å². The zero-order valence-corrected chi connectivity index (χ0v) is 20.0. The molecular formula is C22H31N3O3S2. The van der Waals surface area contributed by atoms with Gasteiger partial charge >= 0.3 is 0 Å². The minimum atomic E-state index is -3.38. The van der Waals surface area contributed by atoms with Gasteiger partial charge in [-0.05, 0) is 53.4 Å². The largest absolute Gasteiger partial charge is 0.495 e. The van der Waals surface area contributed by atoms with Crippen molar-refractivity contribution in [3.63, 3.8) is 0 Å². The van der Waals surface area contributed by atoms with Gasteiger partial charge in [0, 0.05) is 6.54 Å². The first kappa shape index (κ1) is 24.0. The van der Waals surface area contributed by atoms with Crippen LogP contribution in [0.15, 0.2) is 42.5 Å². The van der Waals surface area contributed by atoms with Crippen LogP contribution in [0.25, 0.3) is 0 Å². The molecule has 0 saturated heterocycles. The van der Waals surface area contributed by atoms with Gasteiger partial charge in [-0.3, -0.25) is 4.72 Å². The van der Waals surface area contributed by atoms with E-state index in [9.17, 15) is 8.42 Å². The molecule has 0 aromatic heterocycles. The molecular weight excluding hydrogens is 418 g/mol. The first-order valence-electron chi connectivity index (χ1n) is 9.68. The van der Waals surface area contributed by atoms with Crippen LogP contribution in [0.5, 0.6) is 5.75 Å². The molecule has 6 nitrogen and oxygen atoms in total. The first-order chi connectivity index (χ1) is 13.9. The molecule has 0 fully saturated rings. The van der Waals surface area contributed by atoms with Crippen LogP contribution in [-0.2, 0) is 22.0 Å². The highest BCUT2D eigenvalue weighted by Gasteiger charge is 2.14. The lowest BCUT2D eigenvalue weighted by atomic mass is 9.87. The van der Waals surface area contributed by atoms with Crippen LogP contribution in [0.4, 0.5) is 5.69 Å². The molecule has 0 spiro atoms. The van der Waals surface area contributed by atoms with E-state index in [4.69, 9.17) is 17.0 Å². The molecule has 0 aliphatic carbocycles. The van der Waals surface area contributed by atoms with Gasteiger partial charge in [0.1, 0.15) is 5.75 Å². The van der Waals surface area contributed by atoms with E-state index in [1.54, 1.807) is 12.1 Å². The van der Waals surface area contributed by atoms with Crippen molar-refractivity contribution in [2.45, 2.75) is 45.7 Å². The molecule has 2 rings (SSSR count). The first-order valence-corrected chi connectivity index (χ1v) is 12.0. The summed E-state index contributed by atoms with van der Waals surface area (Å²) in [5.41, 5.74) is 3.90. The predicted molar refractivity (Wildman–Crippen MR) is 128 cm³/mol. The van der Waals surface area contributed by atoms with Gasteiger partial charge in [-0.25, -0.2) is 8.42 Å². The third kappa shape index (κ3) is 7.18. The quantitative estimate of drug-likeness (QED) is 0.553. The summed E-state index contributed by atoms with van der Waals surface area (Å²) in [6.07, 6.45) is 1.10. The average molecular weight is 450 g/mol. The molecule has 30 heavy (non-hydrogen) atoms. The highest BCUT2D eigenvalue weighted by atomic mass is 32.2. The molecule has 0 radical (unpaired) electrons. The summed E-state index contributed by atoms with van der Waals surface area (Å²) in [4.78, 5) is 0. The van der Waals surface area contributed by atoms with Crippen LogP contribution in [0.1, 0.15) is 50.4 Å². The molecule has 0 amide bonds. The van der Waals surface area contributed by atoms with E-state index in [-0.39, 0.29) is 11.5 Å². The molecule has 0 aliphatic heterocycles. The number of rotatable bonds is 7. The lowest BCUT2D eigenvalue weighted by Gasteiger charge is -2.20. The van der Waals surface area contributed by atoms with Crippen molar-refractivity contribution < 1.29 is 13.2 Å². The van der Waals surface area contributed by atoms with Crippen LogP contribution in [-0.4, -0.2) is 26.9 Å². The highest BCUT2D eigenvalue weighted by Crippen LogP contribution is 2.29. The van der Waals surface area contributed by atoms with Gasteiger partial charge in [0.15, 0.2) is 5.11 Å². The van der Waals surface area contributed by atoms with Crippen molar-refractivity contribution in [2.24, 2.45) is 0 Å². The maximum Gasteiger partial charge on any atom is 0.229 e. The third-order valence-corrected chi connectivity index (χ3v) is 5.49. The fourth-order valence-electron chi connectivity index (χ4n) is 2.90. The third-order valence-electron chi connectivity index (χ3n) is 4.64. The number of benzene rings is 2. The maximum atomic E-state index is 11.5. The van der Waals surface area contributed by atoms with Crippen molar-refractivity contribution >= 4 is 33.0 Å². The van der Waals surface area contributed by atoms with Crippen LogP contribution in [0, 0.1) is 0 Å². The number of anilines is 1. The predicted octanol–water partition coefficient (Wildman–Crippen LogP) is 4.09. The fourth-order valence-corrected chi connectivity index (χ4v) is 3.71. The Labute approximate surface area is 185 Å². The van der Waals surface area contributed by atoms with Crippen molar-refractivity contribution in [2.75, 3.05) is 18.1 Å². The number of methoxy groups -OCH3 is 1. The minimum absolute atomic E-state index is 0.0885. The summed E-state index contributed by atoms with van der Waals surface area (Å²) in [5, 5.41) is 7.01. The van der Waals surface area contributed by atoms with Gasteiger partial charge in [0.2, 0.25) is 10.0 Å². The molecule has 1 atom stereocenters. The Bertz CT molecular complexity index is 982. The van der Waals surface area contributed by atoms with Crippen LogP contribution in [0.3, 0.4) is 0 Å². The van der Waals surface area contributed by atoms with Crippen molar-refractivity contribution in [3.8, 4) is 5.75 Å². The lowest BCUT2D eigenvalue weighted by Crippen LogP contribution is -2.36. The number of sulfonamides is 1. The molecule has 0 bridgehead atoms. The smallest absolute Gasteiger partial charge is 0.229 e. The van der Waals surface area contributed by atoms with Crippen molar-refractivity contribution in [1.82, 2.24) is 10.6 Å². The zero-order chi connectivity index (χ0) is 22.5. The van der Waals surface area contributed by atoms with E-state index in [0.29, 0.717) is 23.1 Å². The van der Waals surface area contributed by atoms with E-state index in [0.717, 1.165) is 17.4 Å². The molecule has 164 valence electrons. The van der Waals surface area contributed by atoms with Gasteiger partial charge in [-0.15, -0.1) is 0 Å². The topological polar surface area (TPSA) is 79.5 Å². The average Bonchev–Trinajstić information content (AvgIpc) is 2.65. The molecule has 1 unspecified atom stereocenters. The number of hydrogen-bond donors (Lipinski definition) is 3. The Morgan fingerprint density at radius 2 is 1.77 bits per heavy atom. The van der Waals surface area contributed by atoms with E-state index in [1.165, 1.54) is 12.7 Å². The Morgan fingerprint density at radius 1 is 1.13 bits per heavy atom.